The number of carbonyl (C=O) groups is 2. The van der Waals surface area contributed by atoms with Crippen LogP contribution >= 0.6 is 0 Å². The summed E-state index contributed by atoms with van der Waals surface area (Å²) in [6, 6.07) is 8.71. The summed E-state index contributed by atoms with van der Waals surface area (Å²) in [7, 11) is 1.65. The summed E-state index contributed by atoms with van der Waals surface area (Å²) in [5.41, 5.74) is 1.00. The Morgan fingerprint density at radius 3 is 2.54 bits per heavy atom. The predicted molar refractivity (Wildman–Crippen MR) is 93.5 cm³/mol. The van der Waals surface area contributed by atoms with Crippen molar-refractivity contribution in [2.24, 2.45) is 5.41 Å². The standard InChI is InChI=1S/C19H23N3O2/c1-5-17(23)21(4)15-9-7-14(8-10-15)18(24)22-12-6-11-19(2,3)16(22)13-20/h5,7-10,16H,1,6,11-12H2,2-4H3. The summed E-state index contributed by atoms with van der Waals surface area (Å²) in [6.45, 7) is 8.11. The number of rotatable bonds is 3. The number of piperidine rings is 1. The Hall–Kier alpha value is -2.61. The Kier molecular flexibility index (Phi) is 5.08. The Balaban J connectivity index is 2.22. The van der Waals surface area contributed by atoms with Crippen molar-refractivity contribution in [1.82, 2.24) is 4.90 Å². The second kappa shape index (κ2) is 6.88. The van der Waals surface area contributed by atoms with Crippen LogP contribution < -0.4 is 4.90 Å². The fraction of sp³-hybridized carbons (Fsp3) is 0.421. The molecule has 2 amide bonds. The molecule has 0 saturated carbocycles. The number of nitriles is 1. The molecule has 24 heavy (non-hydrogen) atoms. The van der Waals surface area contributed by atoms with Gasteiger partial charge >= 0.3 is 0 Å². The lowest BCUT2D eigenvalue weighted by molar-refractivity contribution is -0.113. The molecule has 5 nitrogen and oxygen atoms in total. The summed E-state index contributed by atoms with van der Waals surface area (Å²) >= 11 is 0. The highest BCUT2D eigenvalue weighted by Gasteiger charge is 2.40. The normalized spacial score (nSPS) is 19.2. The van der Waals surface area contributed by atoms with E-state index in [1.165, 1.54) is 11.0 Å². The third-order valence-electron chi connectivity index (χ3n) is 4.66. The van der Waals surface area contributed by atoms with Crippen LogP contribution in [0.5, 0.6) is 0 Å². The molecule has 0 aromatic heterocycles. The van der Waals surface area contributed by atoms with Gasteiger partial charge in [-0.2, -0.15) is 5.26 Å². The van der Waals surface area contributed by atoms with Crippen LogP contribution in [0.3, 0.4) is 0 Å². The van der Waals surface area contributed by atoms with Gasteiger partial charge in [0.2, 0.25) is 5.91 Å². The quantitative estimate of drug-likeness (QED) is 0.803. The van der Waals surface area contributed by atoms with Crippen molar-refractivity contribution >= 4 is 17.5 Å². The first-order valence-electron chi connectivity index (χ1n) is 8.02. The first kappa shape index (κ1) is 17.7. The second-order valence-corrected chi connectivity index (χ2v) is 6.77. The van der Waals surface area contributed by atoms with E-state index in [0.29, 0.717) is 17.8 Å². The van der Waals surface area contributed by atoms with Gasteiger partial charge in [0.1, 0.15) is 6.04 Å². The maximum absolute atomic E-state index is 12.8. The van der Waals surface area contributed by atoms with E-state index in [4.69, 9.17) is 0 Å². The topological polar surface area (TPSA) is 64.4 Å². The molecule has 1 aliphatic rings. The molecule has 1 aliphatic heterocycles. The Morgan fingerprint density at radius 1 is 1.38 bits per heavy atom. The number of hydrogen-bond acceptors (Lipinski definition) is 3. The fourth-order valence-corrected chi connectivity index (χ4v) is 3.11. The third kappa shape index (κ3) is 3.33. The molecule has 126 valence electrons. The van der Waals surface area contributed by atoms with Crippen LogP contribution in [-0.4, -0.2) is 36.3 Å². The minimum atomic E-state index is -0.427. The van der Waals surface area contributed by atoms with Gasteiger partial charge in [0.05, 0.1) is 6.07 Å². The molecule has 0 N–H and O–H groups in total. The average Bonchev–Trinajstić information content (AvgIpc) is 2.58. The summed E-state index contributed by atoms with van der Waals surface area (Å²) < 4.78 is 0. The molecule has 2 rings (SSSR count). The lowest BCUT2D eigenvalue weighted by Gasteiger charge is -2.42. The van der Waals surface area contributed by atoms with Crippen LogP contribution in [0.1, 0.15) is 37.0 Å². The van der Waals surface area contributed by atoms with Crippen molar-refractivity contribution in [1.29, 1.82) is 5.26 Å². The third-order valence-corrected chi connectivity index (χ3v) is 4.66. The van der Waals surface area contributed by atoms with Gasteiger partial charge < -0.3 is 9.80 Å². The van der Waals surface area contributed by atoms with E-state index in [9.17, 15) is 14.9 Å². The number of amides is 2. The van der Waals surface area contributed by atoms with E-state index in [1.807, 2.05) is 13.8 Å². The van der Waals surface area contributed by atoms with Crippen molar-refractivity contribution in [2.45, 2.75) is 32.7 Å². The first-order valence-corrected chi connectivity index (χ1v) is 8.02. The van der Waals surface area contributed by atoms with Crippen molar-refractivity contribution in [3.05, 3.63) is 42.5 Å². The molecule has 1 heterocycles. The second-order valence-electron chi connectivity index (χ2n) is 6.77. The molecule has 0 spiro atoms. The molecule has 0 bridgehead atoms. The summed E-state index contributed by atoms with van der Waals surface area (Å²) in [5.74, 6) is -0.352. The molecule has 0 radical (unpaired) electrons. The van der Waals surface area contributed by atoms with Crippen LogP contribution in [0, 0.1) is 16.7 Å². The molecule has 1 atom stereocenters. The zero-order valence-electron chi connectivity index (χ0n) is 14.5. The maximum Gasteiger partial charge on any atom is 0.254 e. The number of carbonyl (C=O) groups excluding carboxylic acids is 2. The molecule has 1 fully saturated rings. The molecule has 1 unspecified atom stereocenters. The van der Waals surface area contributed by atoms with Crippen LogP contribution in [0.2, 0.25) is 0 Å². The van der Waals surface area contributed by atoms with Gasteiger partial charge in [0.25, 0.3) is 5.91 Å². The highest BCUT2D eigenvalue weighted by Crippen LogP contribution is 2.35. The monoisotopic (exact) mass is 325 g/mol. The highest BCUT2D eigenvalue weighted by molar-refractivity contribution is 6.01. The van der Waals surface area contributed by atoms with E-state index in [2.05, 4.69) is 12.6 Å². The highest BCUT2D eigenvalue weighted by atomic mass is 16.2. The summed E-state index contributed by atoms with van der Waals surface area (Å²) in [4.78, 5) is 27.6. The van der Waals surface area contributed by atoms with Crippen molar-refractivity contribution in [2.75, 3.05) is 18.5 Å². The molecule has 1 saturated heterocycles. The van der Waals surface area contributed by atoms with Crippen LogP contribution in [0.25, 0.3) is 0 Å². The lowest BCUT2D eigenvalue weighted by Crippen LogP contribution is -2.51. The van der Waals surface area contributed by atoms with Crippen LogP contribution in [0.4, 0.5) is 5.69 Å². The minimum Gasteiger partial charge on any atom is -0.322 e. The SMILES string of the molecule is C=CC(=O)N(C)c1ccc(C(=O)N2CCCC(C)(C)C2C#N)cc1. The fourth-order valence-electron chi connectivity index (χ4n) is 3.11. The van der Waals surface area contributed by atoms with E-state index in [1.54, 1.807) is 36.2 Å². The first-order chi connectivity index (χ1) is 11.3. The number of likely N-dealkylation sites (N-methyl/N-ethyl adjacent to an activating group) is 1. The largest absolute Gasteiger partial charge is 0.322 e. The Morgan fingerprint density at radius 2 is 2.00 bits per heavy atom. The zero-order valence-corrected chi connectivity index (χ0v) is 14.5. The molecule has 5 heteroatoms. The minimum absolute atomic E-state index is 0.140. The van der Waals surface area contributed by atoms with E-state index in [0.717, 1.165) is 12.8 Å². The predicted octanol–water partition coefficient (Wildman–Crippen LogP) is 2.99. The van der Waals surface area contributed by atoms with E-state index < -0.39 is 6.04 Å². The Labute approximate surface area is 143 Å². The van der Waals surface area contributed by atoms with E-state index >= 15 is 0 Å². The number of nitrogens with zero attached hydrogens (tertiary/aromatic N) is 3. The molecule has 0 aliphatic carbocycles. The van der Waals surface area contributed by atoms with Crippen LogP contribution in [-0.2, 0) is 4.79 Å². The number of anilines is 1. The van der Waals surface area contributed by atoms with Gasteiger partial charge in [0.15, 0.2) is 0 Å². The van der Waals surface area contributed by atoms with Gasteiger partial charge in [-0.3, -0.25) is 9.59 Å². The molecule has 1 aromatic rings. The van der Waals surface area contributed by atoms with Gasteiger partial charge in [-0.05, 0) is 48.6 Å². The number of likely N-dealkylation sites (tertiary alicyclic amines) is 1. The van der Waals surface area contributed by atoms with E-state index in [-0.39, 0.29) is 17.2 Å². The van der Waals surface area contributed by atoms with Crippen molar-refractivity contribution in [3.8, 4) is 6.07 Å². The van der Waals surface area contributed by atoms with Crippen molar-refractivity contribution < 1.29 is 9.59 Å². The average molecular weight is 325 g/mol. The van der Waals surface area contributed by atoms with Gasteiger partial charge in [-0.1, -0.05) is 20.4 Å². The Bertz CT molecular complexity index is 686. The summed E-state index contributed by atoms with van der Waals surface area (Å²) in [5, 5.41) is 9.50. The van der Waals surface area contributed by atoms with Gasteiger partial charge in [0, 0.05) is 24.8 Å². The number of hydrogen-bond donors (Lipinski definition) is 0. The number of benzene rings is 1. The van der Waals surface area contributed by atoms with Gasteiger partial charge in [-0.25, -0.2) is 0 Å². The maximum atomic E-state index is 12.8. The molecule has 1 aromatic carbocycles. The zero-order chi connectivity index (χ0) is 17.9. The van der Waals surface area contributed by atoms with Gasteiger partial charge in [-0.15, -0.1) is 0 Å². The van der Waals surface area contributed by atoms with Crippen molar-refractivity contribution in [3.63, 3.8) is 0 Å². The molecular formula is C19H23N3O2. The lowest BCUT2D eigenvalue weighted by atomic mass is 9.77. The smallest absolute Gasteiger partial charge is 0.254 e. The summed E-state index contributed by atoms with van der Waals surface area (Å²) in [6.07, 6.45) is 3.07. The van der Waals surface area contributed by atoms with Crippen LogP contribution in [0.15, 0.2) is 36.9 Å². The molecular weight excluding hydrogens is 302 g/mol.